The molecular weight excluding hydrogens is 407 g/mol. The molecule has 1 amide bonds. The lowest BCUT2D eigenvalue weighted by Crippen LogP contribution is -2.15. The van der Waals surface area contributed by atoms with Crippen LogP contribution in [0, 0.1) is 12.7 Å². The van der Waals surface area contributed by atoms with Gasteiger partial charge in [-0.15, -0.1) is 0 Å². The Bertz CT molecular complexity index is 1170. The van der Waals surface area contributed by atoms with E-state index in [1.807, 2.05) is 13.8 Å². The van der Waals surface area contributed by atoms with Gasteiger partial charge in [0.15, 0.2) is 0 Å². The van der Waals surface area contributed by atoms with Crippen molar-refractivity contribution in [2.24, 2.45) is 0 Å². The highest BCUT2D eigenvalue weighted by Crippen LogP contribution is 2.31. The molecule has 2 aromatic heterocycles. The van der Waals surface area contributed by atoms with Crippen LogP contribution in [0.3, 0.4) is 0 Å². The summed E-state index contributed by atoms with van der Waals surface area (Å²) in [6.45, 7) is 6.97. The van der Waals surface area contributed by atoms with Crippen LogP contribution in [-0.4, -0.2) is 15.9 Å². The highest BCUT2D eigenvalue weighted by molar-refractivity contribution is 6.31. The number of pyridine rings is 2. The minimum absolute atomic E-state index is 0.00245. The maximum atomic E-state index is 14.6. The molecule has 0 unspecified atom stereocenters. The number of aromatic amines is 1. The molecule has 0 aliphatic carbocycles. The van der Waals surface area contributed by atoms with Gasteiger partial charge in [0.2, 0.25) is 5.91 Å². The minimum Gasteiger partial charge on any atom is -0.354 e. The van der Waals surface area contributed by atoms with Crippen LogP contribution in [-0.2, 0) is 4.79 Å². The number of H-pyrrole nitrogens is 1. The number of halogens is 2. The Balaban J connectivity index is 2.10. The highest BCUT2D eigenvalue weighted by Gasteiger charge is 2.17. The number of aryl methyl sites for hydroxylation is 1. The molecule has 1 aromatic carbocycles. The number of aromatic nitrogens is 2. The summed E-state index contributed by atoms with van der Waals surface area (Å²) in [4.78, 5) is 31.0. The number of anilines is 3. The van der Waals surface area contributed by atoms with Crippen LogP contribution < -0.4 is 16.2 Å². The van der Waals surface area contributed by atoms with Gasteiger partial charge in [-0.3, -0.25) is 9.59 Å². The third-order valence-electron chi connectivity index (χ3n) is 4.53. The van der Waals surface area contributed by atoms with E-state index >= 15 is 0 Å². The summed E-state index contributed by atoms with van der Waals surface area (Å²) in [5.41, 5.74) is 2.40. The zero-order chi connectivity index (χ0) is 22.0. The topological polar surface area (TPSA) is 86.9 Å². The van der Waals surface area contributed by atoms with Crippen LogP contribution in [0.2, 0.25) is 5.02 Å². The van der Waals surface area contributed by atoms with E-state index in [2.05, 4.69) is 20.6 Å². The van der Waals surface area contributed by atoms with Crippen molar-refractivity contribution in [1.29, 1.82) is 0 Å². The van der Waals surface area contributed by atoms with Crippen LogP contribution in [0.15, 0.2) is 41.3 Å². The summed E-state index contributed by atoms with van der Waals surface area (Å²) in [6, 6.07) is 7.76. The molecule has 0 bridgehead atoms. The van der Waals surface area contributed by atoms with Gasteiger partial charge in [-0.2, -0.15) is 0 Å². The number of nitrogens with zero attached hydrogens (tertiary/aromatic N) is 1. The fourth-order valence-corrected chi connectivity index (χ4v) is 3.23. The van der Waals surface area contributed by atoms with Crippen molar-refractivity contribution in [3.05, 3.63) is 69.0 Å². The predicted octanol–water partition coefficient (Wildman–Crippen LogP) is 5.36. The molecular formula is C22H22ClFN4O2. The van der Waals surface area contributed by atoms with Crippen molar-refractivity contribution in [2.75, 3.05) is 10.6 Å². The largest absolute Gasteiger partial charge is 0.354 e. The van der Waals surface area contributed by atoms with Crippen molar-refractivity contribution in [3.63, 3.8) is 0 Å². The lowest BCUT2D eigenvalue weighted by molar-refractivity contribution is -0.114. The van der Waals surface area contributed by atoms with E-state index in [9.17, 15) is 14.0 Å². The fourth-order valence-electron chi connectivity index (χ4n) is 3.07. The molecule has 6 nitrogen and oxygen atoms in total. The van der Waals surface area contributed by atoms with Crippen LogP contribution in [0.25, 0.3) is 11.1 Å². The number of nitrogens with one attached hydrogen (secondary N) is 3. The maximum absolute atomic E-state index is 14.6. The molecule has 0 radical (unpaired) electrons. The summed E-state index contributed by atoms with van der Waals surface area (Å²) in [5.74, 6) is -0.375. The zero-order valence-electron chi connectivity index (χ0n) is 17.1. The van der Waals surface area contributed by atoms with Gasteiger partial charge < -0.3 is 15.6 Å². The Labute approximate surface area is 178 Å². The average Bonchev–Trinajstić information content (AvgIpc) is 2.65. The van der Waals surface area contributed by atoms with Gasteiger partial charge in [0.25, 0.3) is 5.56 Å². The molecule has 8 heteroatoms. The van der Waals surface area contributed by atoms with Crippen molar-refractivity contribution in [1.82, 2.24) is 9.97 Å². The lowest BCUT2D eigenvalue weighted by Gasteiger charge is -2.17. The van der Waals surface area contributed by atoms with E-state index < -0.39 is 11.4 Å². The van der Waals surface area contributed by atoms with Gasteiger partial charge in [0.05, 0.1) is 11.3 Å². The second-order valence-electron chi connectivity index (χ2n) is 7.31. The Morgan fingerprint density at radius 2 is 1.93 bits per heavy atom. The number of amides is 1. The Hall–Kier alpha value is -3.19. The predicted molar refractivity (Wildman–Crippen MR) is 118 cm³/mol. The molecule has 0 saturated heterocycles. The summed E-state index contributed by atoms with van der Waals surface area (Å²) < 4.78 is 14.6. The lowest BCUT2D eigenvalue weighted by atomic mass is 10.0. The molecule has 156 valence electrons. The summed E-state index contributed by atoms with van der Waals surface area (Å²) >= 11 is 6.16. The third kappa shape index (κ3) is 4.68. The van der Waals surface area contributed by atoms with E-state index in [1.165, 1.54) is 19.1 Å². The summed E-state index contributed by atoms with van der Waals surface area (Å²) in [7, 11) is 0. The molecule has 0 aliphatic heterocycles. The van der Waals surface area contributed by atoms with E-state index in [0.29, 0.717) is 33.5 Å². The van der Waals surface area contributed by atoms with E-state index in [1.54, 1.807) is 31.3 Å². The second-order valence-corrected chi connectivity index (χ2v) is 7.72. The maximum Gasteiger partial charge on any atom is 0.256 e. The Kier molecular flexibility index (Phi) is 6.22. The van der Waals surface area contributed by atoms with Gasteiger partial charge in [-0.25, -0.2) is 9.37 Å². The molecule has 3 rings (SSSR count). The van der Waals surface area contributed by atoms with Gasteiger partial charge in [0.1, 0.15) is 11.6 Å². The van der Waals surface area contributed by atoms with Gasteiger partial charge >= 0.3 is 0 Å². The van der Waals surface area contributed by atoms with Gasteiger partial charge in [-0.1, -0.05) is 25.4 Å². The normalized spacial score (nSPS) is 10.9. The third-order valence-corrected chi connectivity index (χ3v) is 4.94. The first-order valence-electron chi connectivity index (χ1n) is 9.39. The molecule has 0 spiro atoms. The number of rotatable bonds is 5. The van der Waals surface area contributed by atoms with Gasteiger partial charge in [0, 0.05) is 41.2 Å². The second kappa shape index (κ2) is 8.67. The van der Waals surface area contributed by atoms with E-state index in [4.69, 9.17) is 11.6 Å². The van der Waals surface area contributed by atoms with E-state index in [0.717, 1.165) is 0 Å². The Morgan fingerprint density at radius 1 is 1.20 bits per heavy atom. The van der Waals surface area contributed by atoms with Crippen LogP contribution in [0.4, 0.5) is 21.6 Å². The highest BCUT2D eigenvalue weighted by atomic mass is 35.5. The van der Waals surface area contributed by atoms with Crippen molar-refractivity contribution >= 4 is 34.7 Å². The zero-order valence-corrected chi connectivity index (χ0v) is 17.8. The first kappa shape index (κ1) is 21.5. The number of carbonyl (C=O) groups is 1. The summed E-state index contributed by atoms with van der Waals surface area (Å²) in [5, 5.41) is 6.23. The minimum atomic E-state index is -0.525. The number of hydrogen-bond acceptors (Lipinski definition) is 4. The smallest absolute Gasteiger partial charge is 0.256 e. The molecule has 30 heavy (non-hydrogen) atoms. The van der Waals surface area contributed by atoms with Crippen molar-refractivity contribution in [3.8, 4) is 11.1 Å². The number of hydrogen-bond donors (Lipinski definition) is 3. The SMILES string of the molecule is CC(=O)Nc1cc(Nc2cc(-c3cc(Cl)c(C)cc3F)c(=O)[nH]c2C(C)C)ccn1. The molecule has 3 aromatic rings. The number of benzene rings is 1. The van der Waals surface area contributed by atoms with Crippen molar-refractivity contribution < 1.29 is 9.18 Å². The molecule has 0 atom stereocenters. The van der Waals surface area contributed by atoms with Crippen LogP contribution >= 0.6 is 11.6 Å². The first-order valence-corrected chi connectivity index (χ1v) is 9.77. The quantitative estimate of drug-likeness (QED) is 0.510. The standard InChI is InChI=1S/C22H22ClFN4O2/c1-11(2)21-19(27-14-5-6-25-20(8-14)26-13(4)29)10-16(22(30)28-21)15-9-17(23)12(3)7-18(15)24/h5-11H,1-4H3,(H,28,30)(H2,25,26,27,29). The Morgan fingerprint density at radius 3 is 2.60 bits per heavy atom. The number of carbonyl (C=O) groups excluding carboxylic acids is 1. The van der Waals surface area contributed by atoms with E-state index in [-0.39, 0.29) is 23.0 Å². The molecule has 3 N–H and O–H groups in total. The molecule has 0 fully saturated rings. The fraction of sp³-hybridized carbons (Fsp3) is 0.227. The van der Waals surface area contributed by atoms with Crippen molar-refractivity contribution in [2.45, 2.75) is 33.6 Å². The first-order chi connectivity index (χ1) is 14.2. The molecule has 0 aliphatic rings. The monoisotopic (exact) mass is 428 g/mol. The average molecular weight is 429 g/mol. The van der Waals surface area contributed by atoms with Crippen LogP contribution in [0.5, 0.6) is 0 Å². The summed E-state index contributed by atoms with van der Waals surface area (Å²) in [6.07, 6.45) is 1.55. The molecule has 2 heterocycles. The van der Waals surface area contributed by atoms with Crippen LogP contribution in [0.1, 0.15) is 37.9 Å². The van der Waals surface area contributed by atoms with Gasteiger partial charge in [-0.05, 0) is 42.7 Å². The molecule has 0 saturated carbocycles.